The molecule has 1 N–H and O–H groups in total. The van der Waals surface area contributed by atoms with Gasteiger partial charge < -0.3 is 5.32 Å². The van der Waals surface area contributed by atoms with Crippen LogP contribution in [0.2, 0.25) is 15.1 Å². The quantitative estimate of drug-likeness (QED) is 0.716. The van der Waals surface area contributed by atoms with Crippen molar-refractivity contribution in [3.63, 3.8) is 0 Å². The van der Waals surface area contributed by atoms with Gasteiger partial charge >= 0.3 is 0 Å². The van der Waals surface area contributed by atoms with Crippen molar-refractivity contribution in [3.8, 4) is 0 Å². The summed E-state index contributed by atoms with van der Waals surface area (Å²) in [5, 5.41) is 3.89. The minimum Gasteiger partial charge on any atom is -0.321 e. The first-order valence-corrected chi connectivity index (χ1v) is 7.12. The molecular weight excluding hydrogens is 372 g/mol. The van der Waals surface area contributed by atoms with Crippen LogP contribution in [-0.4, -0.2) is 5.91 Å². The zero-order chi connectivity index (χ0) is 14.0. The summed E-state index contributed by atoms with van der Waals surface area (Å²) in [4.78, 5) is 12.2. The van der Waals surface area contributed by atoms with E-state index in [4.69, 9.17) is 34.8 Å². The first-order valence-electron chi connectivity index (χ1n) is 5.19. The number of anilines is 1. The summed E-state index contributed by atoms with van der Waals surface area (Å²) in [5.41, 5.74) is 0.832. The first kappa shape index (κ1) is 14.7. The van der Waals surface area contributed by atoms with Gasteiger partial charge in [-0.05, 0) is 46.3 Å². The van der Waals surface area contributed by atoms with Crippen molar-refractivity contribution in [2.24, 2.45) is 0 Å². The van der Waals surface area contributed by atoms with E-state index in [-0.39, 0.29) is 11.5 Å². The van der Waals surface area contributed by atoms with Crippen molar-refractivity contribution >= 4 is 62.3 Å². The Bertz CT molecular complexity index is 626. The van der Waals surface area contributed by atoms with E-state index < -0.39 is 0 Å². The van der Waals surface area contributed by atoms with Gasteiger partial charge in [-0.25, -0.2) is 0 Å². The topological polar surface area (TPSA) is 29.1 Å². The predicted molar refractivity (Wildman–Crippen MR) is 83.6 cm³/mol. The Kier molecular flexibility index (Phi) is 4.74. The van der Waals surface area contributed by atoms with Crippen LogP contribution in [0.5, 0.6) is 0 Å². The highest BCUT2D eigenvalue weighted by Crippen LogP contribution is 2.29. The standard InChI is InChI=1S/C13H7BrCl3NO/c14-8-6-7(15)4-5-11(8)18-13(19)12-9(16)2-1-3-10(12)17/h1-6H,(H,18,19). The highest BCUT2D eigenvalue weighted by atomic mass is 79.9. The van der Waals surface area contributed by atoms with Gasteiger partial charge in [0.05, 0.1) is 21.3 Å². The lowest BCUT2D eigenvalue weighted by Gasteiger charge is -2.10. The Labute approximate surface area is 133 Å². The number of halogens is 4. The molecule has 0 aliphatic carbocycles. The molecule has 0 aliphatic rings. The van der Waals surface area contributed by atoms with Crippen molar-refractivity contribution in [3.05, 3.63) is 61.5 Å². The molecule has 0 aromatic heterocycles. The summed E-state index contributed by atoms with van der Waals surface area (Å²) in [7, 11) is 0. The monoisotopic (exact) mass is 377 g/mol. The number of rotatable bonds is 2. The number of benzene rings is 2. The third kappa shape index (κ3) is 3.42. The highest BCUT2D eigenvalue weighted by Gasteiger charge is 2.15. The van der Waals surface area contributed by atoms with Crippen molar-refractivity contribution in [1.29, 1.82) is 0 Å². The summed E-state index contributed by atoms with van der Waals surface area (Å²) in [6.07, 6.45) is 0. The summed E-state index contributed by atoms with van der Waals surface area (Å²) in [6, 6.07) is 9.95. The maximum atomic E-state index is 12.2. The minimum absolute atomic E-state index is 0.243. The molecule has 0 radical (unpaired) electrons. The largest absolute Gasteiger partial charge is 0.321 e. The molecule has 2 rings (SSSR count). The number of carbonyl (C=O) groups excluding carboxylic acids is 1. The first-order chi connectivity index (χ1) is 8.99. The second-order valence-corrected chi connectivity index (χ2v) is 5.78. The van der Waals surface area contributed by atoms with Gasteiger partial charge in [0, 0.05) is 9.50 Å². The smallest absolute Gasteiger partial charge is 0.258 e. The average molecular weight is 379 g/mol. The molecule has 0 spiro atoms. The third-order valence-corrected chi connectivity index (χ3v) is 3.89. The molecule has 0 atom stereocenters. The van der Waals surface area contributed by atoms with Gasteiger partial charge in [0.25, 0.3) is 5.91 Å². The van der Waals surface area contributed by atoms with Crippen LogP contribution < -0.4 is 5.32 Å². The van der Waals surface area contributed by atoms with Gasteiger partial charge in [-0.3, -0.25) is 4.79 Å². The molecule has 0 saturated heterocycles. The van der Waals surface area contributed by atoms with Gasteiger partial charge in [-0.15, -0.1) is 0 Å². The van der Waals surface area contributed by atoms with Crippen molar-refractivity contribution in [1.82, 2.24) is 0 Å². The Morgan fingerprint density at radius 3 is 2.26 bits per heavy atom. The number of nitrogens with one attached hydrogen (secondary N) is 1. The van der Waals surface area contributed by atoms with Crippen LogP contribution in [0.25, 0.3) is 0 Å². The molecule has 0 unspecified atom stereocenters. The van der Waals surface area contributed by atoms with Crippen LogP contribution in [0, 0.1) is 0 Å². The SMILES string of the molecule is O=C(Nc1ccc(Cl)cc1Br)c1c(Cl)cccc1Cl. The Morgan fingerprint density at radius 1 is 1.05 bits per heavy atom. The highest BCUT2D eigenvalue weighted by molar-refractivity contribution is 9.10. The summed E-state index contributed by atoms with van der Waals surface area (Å²) in [5.74, 6) is -0.376. The molecule has 6 heteroatoms. The van der Waals surface area contributed by atoms with Crippen LogP contribution in [0.3, 0.4) is 0 Å². The molecule has 2 aromatic rings. The van der Waals surface area contributed by atoms with E-state index in [0.29, 0.717) is 25.2 Å². The van der Waals surface area contributed by atoms with Crippen LogP contribution in [0.1, 0.15) is 10.4 Å². The third-order valence-electron chi connectivity index (χ3n) is 2.37. The Balaban J connectivity index is 2.31. The van der Waals surface area contributed by atoms with E-state index in [1.165, 1.54) is 0 Å². The molecule has 0 aliphatic heterocycles. The second kappa shape index (κ2) is 6.14. The zero-order valence-corrected chi connectivity index (χ0v) is 13.2. The van der Waals surface area contributed by atoms with E-state index in [9.17, 15) is 4.79 Å². The Morgan fingerprint density at radius 2 is 1.68 bits per heavy atom. The van der Waals surface area contributed by atoms with Crippen molar-refractivity contribution in [2.75, 3.05) is 5.32 Å². The average Bonchev–Trinajstić information content (AvgIpc) is 2.32. The number of amides is 1. The summed E-state index contributed by atoms with van der Waals surface area (Å²) in [6.45, 7) is 0. The minimum atomic E-state index is -0.376. The fraction of sp³-hybridized carbons (Fsp3) is 0. The molecule has 2 nitrogen and oxygen atoms in total. The van der Waals surface area contributed by atoms with Crippen molar-refractivity contribution < 1.29 is 4.79 Å². The molecule has 0 saturated carbocycles. The molecule has 19 heavy (non-hydrogen) atoms. The lowest BCUT2D eigenvalue weighted by atomic mass is 10.2. The van der Waals surface area contributed by atoms with Gasteiger partial charge in [0.15, 0.2) is 0 Å². The van der Waals surface area contributed by atoms with Gasteiger partial charge in [0.2, 0.25) is 0 Å². The number of hydrogen-bond acceptors (Lipinski definition) is 1. The fourth-order valence-electron chi connectivity index (χ4n) is 1.49. The number of hydrogen-bond donors (Lipinski definition) is 1. The lowest BCUT2D eigenvalue weighted by Crippen LogP contribution is -2.13. The van der Waals surface area contributed by atoms with E-state index in [0.717, 1.165) is 0 Å². The zero-order valence-electron chi connectivity index (χ0n) is 9.38. The van der Waals surface area contributed by atoms with Gasteiger partial charge in [-0.1, -0.05) is 40.9 Å². The summed E-state index contributed by atoms with van der Waals surface area (Å²) < 4.78 is 0.677. The second-order valence-electron chi connectivity index (χ2n) is 3.67. The fourth-order valence-corrected chi connectivity index (χ4v) is 2.84. The van der Waals surface area contributed by atoms with Crippen LogP contribution in [0.4, 0.5) is 5.69 Å². The number of carbonyl (C=O) groups is 1. The molecule has 0 heterocycles. The van der Waals surface area contributed by atoms with Crippen LogP contribution in [-0.2, 0) is 0 Å². The van der Waals surface area contributed by atoms with Gasteiger partial charge in [0.1, 0.15) is 0 Å². The van der Waals surface area contributed by atoms with E-state index in [1.54, 1.807) is 36.4 Å². The molecule has 0 bridgehead atoms. The normalized spacial score (nSPS) is 10.3. The van der Waals surface area contributed by atoms with Crippen molar-refractivity contribution in [2.45, 2.75) is 0 Å². The molecular formula is C13H7BrCl3NO. The van der Waals surface area contributed by atoms with Crippen LogP contribution in [0.15, 0.2) is 40.9 Å². The molecule has 2 aromatic carbocycles. The van der Waals surface area contributed by atoms with E-state index in [1.807, 2.05) is 0 Å². The Hall–Kier alpha value is -0.740. The molecule has 98 valence electrons. The molecule has 0 fully saturated rings. The maximum absolute atomic E-state index is 12.2. The van der Waals surface area contributed by atoms with E-state index >= 15 is 0 Å². The predicted octanol–water partition coefficient (Wildman–Crippen LogP) is 5.66. The lowest BCUT2D eigenvalue weighted by molar-refractivity contribution is 0.102. The van der Waals surface area contributed by atoms with E-state index in [2.05, 4.69) is 21.2 Å². The maximum Gasteiger partial charge on any atom is 0.258 e. The van der Waals surface area contributed by atoms with Crippen LogP contribution >= 0.6 is 50.7 Å². The molecule has 1 amide bonds. The summed E-state index contributed by atoms with van der Waals surface area (Å²) >= 11 is 21.1. The van der Waals surface area contributed by atoms with Gasteiger partial charge in [-0.2, -0.15) is 0 Å².